The molecule has 6 nitrogen and oxygen atoms in total. The van der Waals surface area contributed by atoms with Gasteiger partial charge < -0.3 is 10.1 Å². The summed E-state index contributed by atoms with van der Waals surface area (Å²) in [7, 11) is 1.31. The fourth-order valence-electron chi connectivity index (χ4n) is 2.28. The van der Waals surface area contributed by atoms with Gasteiger partial charge in [-0.25, -0.2) is 4.79 Å². The number of nitrogens with one attached hydrogen (secondary N) is 1. The van der Waals surface area contributed by atoms with E-state index in [0.29, 0.717) is 16.8 Å². The fourth-order valence-corrected chi connectivity index (χ4v) is 2.92. The molecule has 25 heavy (non-hydrogen) atoms. The van der Waals surface area contributed by atoms with E-state index >= 15 is 0 Å². The molecule has 0 atom stereocenters. The fraction of sp³-hybridized carbons (Fsp3) is 0.111. The van der Waals surface area contributed by atoms with Gasteiger partial charge in [0.1, 0.15) is 0 Å². The second-order valence-corrected chi connectivity index (χ2v) is 5.90. The first-order valence-corrected chi connectivity index (χ1v) is 8.42. The number of thiophene rings is 1. The SMILES string of the molecule is COC(=O)c1ccc(C(=O)NCc2nccnc2-c2ccsc2)cc1. The molecule has 0 fully saturated rings. The highest BCUT2D eigenvalue weighted by molar-refractivity contribution is 7.08. The smallest absolute Gasteiger partial charge is 0.337 e. The van der Waals surface area contributed by atoms with E-state index < -0.39 is 5.97 Å². The number of carbonyl (C=O) groups excluding carboxylic acids is 2. The lowest BCUT2D eigenvalue weighted by molar-refractivity contribution is 0.0600. The Morgan fingerprint density at radius 3 is 2.48 bits per heavy atom. The first-order chi connectivity index (χ1) is 12.2. The summed E-state index contributed by atoms with van der Waals surface area (Å²) in [5, 5.41) is 6.78. The number of ether oxygens (including phenoxy) is 1. The summed E-state index contributed by atoms with van der Waals surface area (Å²) in [5.74, 6) is -0.690. The minimum atomic E-state index is -0.438. The maximum absolute atomic E-state index is 12.3. The van der Waals surface area contributed by atoms with Crippen molar-refractivity contribution in [2.45, 2.75) is 6.54 Å². The first-order valence-electron chi connectivity index (χ1n) is 7.48. The molecule has 2 heterocycles. The van der Waals surface area contributed by atoms with Gasteiger partial charge in [-0.3, -0.25) is 14.8 Å². The Morgan fingerprint density at radius 1 is 1.08 bits per heavy atom. The molecule has 0 radical (unpaired) electrons. The van der Waals surface area contributed by atoms with Gasteiger partial charge in [-0.15, -0.1) is 0 Å². The van der Waals surface area contributed by atoms with E-state index in [1.165, 1.54) is 7.11 Å². The lowest BCUT2D eigenvalue weighted by Crippen LogP contribution is -2.24. The summed E-state index contributed by atoms with van der Waals surface area (Å²) in [6.07, 6.45) is 3.23. The Bertz CT molecular complexity index is 877. The van der Waals surface area contributed by atoms with Crippen molar-refractivity contribution in [2.24, 2.45) is 0 Å². The highest BCUT2D eigenvalue weighted by atomic mass is 32.1. The van der Waals surface area contributed by atoms with Crippen LogP contribution in [0.25, 0.3) is 11.3 Å². The third kappa shape index (κ3) is 3.89. The van der Waals surface area contributed by atoms with Crippen LogP contribution in [-0.4, -0.2) is 29.0 Å². The second-order valence-electron chi connectivity index (χ2n) is 5.12. The third-order valence-corrected chi connectivity index (χ3v) is 4.24. The average molecular weight is 353 g/mol. The predicted molar refractivity (Wildman–Crippen MR) is 94.3 cm³/mol. The van der Waals surface area contributed by atoms with Crippen LogP contribution in [0.1, 0.15) is 26.4 Å². The monoisotopic (exact) mass is 353 g/mol. The standard InChI is InChI=1S/C18H15N3O3S/c1-24-18(23)13-4-2-12(3-5-13)17(22)21-10-15-16(20-8-7-19-15)14-6-9-25-11-14/h2-9,11H,10H2,1H3,(H,21,22). The number of nitrogens with zero attached hydrogens (tertiary/aromatic N) is 2. The number of methoxy groups -OCH3 is 1. The zero-order valence-electron chi connectivity index (χ0n) is 13.4. The Balaban J connectivity index is 1.70. The summed E-state index contributed by atoms with van der Waals surface area (Å²) in [4.78, 5) is 32.4. The molecule has 3 rings (SSSR count). The molecule has 0 spiro atoms. The maximum Gasteiger partial charge on any atom is 0.337 e. The molecule has 126 valence electrons. The number of amides is 1. The number of aromatic nitrogens is 2. The predicted octanol–water partition coefficient (Wildman–Crippen LogP) is 2.92. The zero-order valence-corrected chi connectivity index (χ0v) is 14.2. The number of esters is 1. The molecular weight excluding hydrogens is 338 g/mol. The number of carbonyl (C=O) groups is 2. The van der Waals surface area contributed by atoms with Crippen LogP contribution in [0, 0.1) is 0 Å². The topological polar surface area (TPSA) is 81.2 Å². The minimum absolute atomic E-state index is 0.252. The Kier molecular flexibility index (Phi) is 5.15. The molecule has 1 N–H and O–H groups in total. The maximum atomic E-state index is 12.3. The van der Waals surface area contributed by atoms with E-state index in [-0.39, 0.29) is 12.5 Å². The van der Waals surface area contributed by atoms with Gasteiger partial charge in [0.25, 0.3) is 5.91 Å². The normalized spacial score (nSPS) is 10.3. The lowest BCUT2D eigenvalue weighted by atomic mass is 10.1. The van der Waals surface area contributed by atoms with Gasteiger partial charge in [0.15, 0.2) is 0 Å². The van der Waals surface area contributed by atoms with Crippen LogP contribution in [0.3, 0.4) is 0 Å². The summed E-state index contributed by atoms with van der Waals surface area (Å²) in [6.45, 7) is 0.261. The van der Waals surface area contributed by atoms with Gasteiger partial charge in [0.2, 0.25) is 0 Å². The van der Waals surface area contributed by atoms with Crippen LogP contribution in [0.2, 0.25) is 0 Å². The van der Waals surface area contributed by atoms with Crippen molar-refractivity contribution in [1.82, 2.24) is 15.3 Å². The van der Waals surface area contributed by atoms with Crippen LogP contribution in [0.5, 0.6) is 0 Å². The van der Waals surface area contributed by atoms with Crippen molar-refractivity contribution in [2.75, 3.05) is 7.11 Å². The van der Waals surface area contributed by atoms with Crippen molar-refractivity contribution < 1.29 is 14.3 Å². The van der Waals surface area contributed by atoms with Gasteiger partial charge in [0, 0.05) is 28.9 Å². The quantitative estimate of drug-likeness (QED) is 0.713. The van der Waals surface area contributed by atoms with E-state index in [9.17, 15) is 9.59 Å². The molecule has 1 amide bonds. The average Bonchev–Trinajstić information content (AvgIpc) is 3.20. The highest BCUT2D eigenvalue weighted by Gasteiger charge is 2.12. The van der Waals surface area contributed by atoms with Gasteiger partial charge in [-0.2, -0.15) is 11.3 Å². The molecule has 0 saturated carbocycles. The molecule has 0 aliphatic heterocycles. The Morgan fingerprint density at radius 2 is 1.80 bits per heavy atom. The van der Waals surface area contributed by atoms with E-state index in [1.807, 2.05) is 16.8 Å². The highest BCUT2D eigenvalue weighted by Crippen LogP contribution is 2.22. The molecule has 2 aromatic heterocycles. The lowest BCUT2D eigenvalue weighted by Gasteiger charge is -2.08. The first kappa shape index (κ1) is 16.8. The van der Waals surface area contributed by atoms with Crippen LogP contribution in [-0.2, 0) is 11.3 Å². The number of benzene rings is 1. The molecule has 0 unspecified atom stereocenters. The molecule has 1 aromatic carbocycles. The van der Waals surface area contributed by atoms with E-state index in [4.69, 9.17) is 0 Å². The van der Waals surface area contributed by atoms with Crippen LogP contribution >= 0.6 is 11.3 Å². The van der Waals surface area contributed by atoms with E-state index in [2.05, 4.69) is 20.0 Å². The van der Waals surface area contributed by atoms with Crippen molar-refractivity contribution in [3.8, 4) is 11.3 Å². The van der Waals surface area contributed by atoms with Crippen molar-refractivity contribution >= 4 is 23.2 Å². The van der Waals surface area contributed by atoms with Crippen molar-refractivity contribution in [3.63, 3.8) is 0 Å². The molecule has 0 aliphatic carbocycles. The summed E-state index contributed by atoms with van der Waals surface area (Å²) < 4.78 is 4.64. The molecule has 0 bridgehead atoms. The molecule has 7 heteroatoms. The van der Waals surface area contributed by atoms with Gasteiger partial charge >= 0.3 is 5.97 Å². The Labute approximate surface area is 148 Å². The summed E-state index contributed by atoms with van der Waals surface area (Å²) >= 11 is 1.58. The number of rotatable bonds is 5. The van der Waals surface area contributed by atoms with Crippen molar-refractivity contribution in [1.29, 1.82) is 0 Å². The van der Waals surface area contributed by atoms with Gasteiger partial charge in [0.05, 0.1) is 30.6 Å². The van der Waals surface area contributed by atoms with E-state index in [1.54, 1.807) is 48.0 Å². The van der Waals surface area contributed by atoms with Gasteiger partial charge in [-0.05, 0) is 35.7 Å². The minimum Gasteiger partial charge on any atom is -0.465 e. The van der Waals surface area contributed by atoms with Crippen LogP contribution in [0.15, 0.2) is 53.5 Å². The zero-order chi connectivity index (χ0) is 17.6. The van der Waals surface area contributed by atoms with Crippen LogP contribution in [0.4, 0.5) is 0 Å². The second kappa shape index (κ2) is 7.67. The Hall–Kier alpha value is -3.06. The van der Waals surface area contributed by atoms with E-state index in [0.717, 1.165) is 11.3 Å². The van der Waals surface area contributed by atoms with Crippen molar-refractivity contribution in [3.05, 3.63) is 70.3 Å². The molecular formula is C18H15N3O3S. The van der Waals surface area contributed by atoms with Crippen LogP contribution < -0.4 is 5.32 Å². The largest absolute Gasteiger partial charge is 0.465 e. The third-order valence-electron chi connectivity index (χ3n) is 3.55. The number of hydrogen-bond acceptors (Lipinski definition) is 6. The molecule has 0 aliphatic rings. The summed E-state index contributed by atoms with van der Waals surface area (Å²) in [6, 6.07) is 8.24. The summed E-state index contributed by atoms with van der Waals surface area (Å²) in [5.41, 5.74) is 3.27. The molecule has 3 aromatic rings. The number of hydrogen-bond donors (Lipinski definition) is 1. The van der Waals surface area contributed by atoms with Gasteiger partial charge in [-0.1, -0.05) is 0 Å². The molecule has 0 saturated heterocycles.